The Morgan fingerprint density at radius 1 is 1.32 bits per heavy atom. The number of benzene rings is 1. The Balaban J connectivity index is 2.14. The third-order valence-electron chi connectivity index (χ3n) is 4.46. The van der Waals surface area contributed by atoms with Crippen LogP contribution in [0, 0.1) is 13.8 Å². The molecule has 0 spiro atoms. The number of ketones is 1. The van der Waals surface area contributed by atoms with Crippen molar-refractivity contribution in [1.29, 1.82) is 0 Å². The minimum Gasteiger partial charge on any atom is -0.344 e. The van der Waals surface area contributed by atoms with Crippen molar-refractivity contribution in [2.45, 2.75) is 53.0 Å². The molecule has 0 unspecified atom stereocenters. The maximum absolute atomic E-state index is 11.2. The number of hydrogen-bond donors (Lipinski definition) is 0. The summed E-state index contributed by atoms with van der Waals surface area (Å²) in [7, 11) is 0. The first-order valence-corrected chi connectivity index (χ1v) is 7.18. The van der Waals surface area contributed by atoms with Gasteiger partial charge in [0.1, 0.15) is 5.78 Å². The first-order valence-electron chi connectivity index (χ1n) is 7.18. The highest BCUT2D eigenvalue weighted by atomic mass is 16.1. The molecule has 1 aliphatic rings. The van der Waals surface area contributed by atoms with Crippen molar-refractivity contribution in [2.24, 2.45) is 0 Å². The highest BCUT2D eigenvalue weighted by Crippen LogP contribution is 2.33. The fourth-order valence-electron chi connectivity index (χ4n) is 3.29. The third-order valence-corrected chi connectivity index (χ3v) is 4.46. The van der Waals surface area contributed by atoms with Crippen LogP contribution >= 0.6 is 0 Å². The summed E-state index contributed by atoms with van der Waals surface area (Å²) in [5.74, 6) is 0.277. The SMILES string of the molecule is CC(=O)CCc1cc2c3c(c1)c(C)c(C)n3CCC2. The second-order valence-corrected chi connectivity index (χ2v) is 5.82. The Kier molecular flexibility index (Phi) is 2.96. The predicted molar refractivity (Wildman–Crippen MR) is 78.7 cm³/mol. The second-order valence-electron chi connectivity index (χ2n) is 5.82. The number of aryl methyl sites for hydroxylation is 4. The number of carbonyl (C=O) groups excluding carboxylic acids is 1. The molecule has 0 N–H and O–H groups in total. The van der Waals surface area contributed by atoms with Crippen molar-refractivity contribution >= 4 is 16.7 Å². The zero-order chi connectivity index (χ0) is 13.6. The van der Waals surface area contributed by atoms with Gasteiger partial charge in [0.15, 0.2) is 0 Å². The molecule has 0 amide bonds. The maximum atomic E-state index is 11.2. The smallest absolute Gasteiger partial charge is 0.130 e. The van der Waals surface area contributed by atoms with Crippen LogP contribution in [0.4, 0.5) is 0 Å². The average molecular weight is 255 g/mol. The Bertz CT molecular complexity index is 664. The van der Waals surface area contributed by atoms with Gasteiger partial charge < -0.3 is 9.36 Å². The predicted octanol–water partition coefficient (Wildman–Crippen LogP) is 3.73. The fraction of sp³-hybridized carbons (Fsp3) is 0.471. The van der Waals surface area contributed by atoms with E-state index in [-0.39, 0.29) is 5.78 Å². The van der Waals surface area contributed by atoms with Gasteiger partial charge in [0.25, 0.3) is 0 Å². The second kappa shape index (κ2) is 4.52. The van der Waals surface area contributed by atoms with Crippen LogP contribution in [0.1, 0.15) is 42.1 Å². The quantitative estimate of drug-likeness (QED) is 0.819. The van der Waals surface area contributed by atoms with Crippen molar-refractivity contribution in [3.05, 3.63) is 34.5 Å². The topological polar surface area (TPSA) is 22.0 Å². The number of hydrogen-bond acceptors (Lipinski definition) is 1. The molecule has 0 aliphatic carbocycles. The zero-order valence-corrected chi connectivity index (χ0v) is 12.0. The summed E-state index contributed by atoms with van der Waals surface area (Å²) >= 11 is 0. The normalized spacial score (nSPS) is 14.1. The molecule has 3 rings (SSSR count). The van der Waals surface area contributed by atoms with Crippen LogP contribution in [-0.4, -0.2) is 10.4 Å². The summed E-state index contributed by atoms with van der Waals surface area (Å²) in [5.41, 5.74) is 7.04. The van der Waals surface area contributed by atoms with Gasteiger partial charge in [0, 0.05) is 24.0 Å². The lowest BCUT2D eigenvalue weighted by molar-refractivity contribution is -0.116. The molecule has 2 heteroatoms. The number of Topliss-reactive ketones (excluding diaryl/α,β-unsaturated/α-hetero) is 1. The molecule has 1 aromatic heterocycles. The van der Waals surface area contributed by atoms with E-state index >= 15 is 0 Å². The van der Waals surface area contributed by atoms with E-state index in [0.717, 1.165) is 13.0 Å². The van der Waals surface area contributed by atoms with Crippen molar-refractivity contribution < 1.29 is 4.79 Å². The fourth-order valence-corrected chi connectivity index (χ4v) is 3.29. The van der Waals surface area contributed by atoms with Crippen LogP contribution in [0.3, 0.4) is 0 Å². The molecule has 100 valence electrons. The number of nitrogens with zero attached hydrogens (tertiary/aromatic N) is 1. The monoisotopic (exact) mass is 255 g/mol. The summed E-state index contributed by atoms with van der Waals surface area (Å²) in [5, 5.41) is 1.40. The maximum Gasteiger partial charge on any atom is 0.130 e. The lowest BCUT2D eigenvalue weighted by atomic mass is 9.97. The van der Waals surface area contributed by atoms with Crippen LogP contribution < -0.4 is 0 Å². The molecule has 2 nitrogen and oxygen atoms in total. The van der Waals surface area contributed by atoms with E-state index in [1.54, 1.807) is 6.92 Å². The van der Waals surface area contributed by atoms with Crippen LogP contribution in [0.15, 0.2) is 12.1 Å². The van der Waals surface area contributed by atoms with E-state index in [1.807, 2.05) is 0 Å². The van der Waals surface area contributed by atoms with Gasteiger partial charge in [0.05, 0.1) is 5.52 Å². The summed E-state index contributed by atoms with van der Waals surface area (Å²) in [6.07, 6.45) is 3.94. The standard InChI is InChI=1S/C17H21NO/c1-11(19)6-7-14-9-15-5-4-8-18-13(3)12(2)16(10-14)17(15)18/h9-10H,4-8H2,1-3H3. The van der Waals surface area contributed by atoms with Gasteiger partial charge in [-0.05, 0) is 62.8 Å². The molecule has 2 heterocycles. The molecule has 2 aromatic rings. The van der Waals surface area contributed by atoms with E-state index in [4.69, 9.17) is 0 Å². The Labute approximate surface area is 114 Å². The summed E-state index contributed by atoms with van der Waals surface area (Å²) in [6, 6.07) is 4.62. The van der Waals surface area contributed by atoms with E-state index in [1.165, 1.54) is 46.1 Å². The highest BCUT2D eigenvalue weighted by molar-refractivity contribution is 5.89. The Morgan fingerprint density at radius 3 is 2.84 bits per heavy atom. The third kappa shape index (κ3) is 1.99. The van der Waals surface area contributed by atoms with Gasteiger partial charge in [-0.1, -0.05) is 6.07 Å². The Morgan fingerprint density at radius 2 is 2.11 bits per heavy atom. The lowest BCUT2D eigenvalue weighted by Crippen LogP contribution is -2.09. The average Bonchev–Trinajstić information content (AvgIpc) is 2.64. The summed E-state index contributed by atoms with van der Waals surface area (Å²) in [4.78, 5) is 11.2. The van der Waals surface area contributed by atoms with E-state index in [9.17, 15) is 4.79 Å². The zero-order valence-electron chi connectivity index (χ0n) is 12.0. The Hall–Kier alpha value is -1.57. The number of aromatic nitrogens is 1. The van der Waals surface area contributed by atoms with Gasteiger partial charge in [-0.15, -0.1) is 0 Å². The van der Waals surface area contributed by atoms with Gasteiger partial charge in [-0.25, -0.2) is 0 Å². The molecule has 0 fully saturated rings. The first-order chi connectivity index (χ1) is 9.08. The van der Waals surface area contributed by atoms with E-state index in [2.05, 4.69) is 30.5 Å². The number of rotatable bonds is 3. The van der Waals surface area contributed by atoms with E-state index in [0.29, 0.717) is 6.42 Å². The highest BCUT2D eigenvalue weighted by Gasteiger charge is 2.18. The van der Waals surface area contributed by atoms with Crippen molar-refractivity contribution in [3.8, 4) is 0 Å². The molecule has 19 heavy (non-hydrogen) atoms. The van der Waals surface area contributed by atoms with Crippen molar-refractivity contribution in [2.75, 3.05) is 0 Å². The number of carbonyl (C=O) groups is 1. The van der Waals surface area contributed by atoms with Gasteiger partial charge in [-0.2, -0.15) is 0 Å². The van der Waals surface area contributed by atoms with E-state index < -0.39 is 0 Å². The molecule has 1 aliphatic heterocycles. The molecule has 0 saturated heterocycles. The molecule has 1 aromatic carbocycles. The molecular weight excluding hydrogens is 234 g/mol. The van der Waals surface area contributed by atoms with Crippen LogP contribution in [-0.2, 0) is 24.2 Å². The van der Waals surface area contributed by atoms with Crippen molar-refractivity contribution in [1.82, 2.24) is 4.57 Å². The molecule has 0 saturated carbocycles. The minimum absolute atomic E-state index is 0.277. The lowest BCUT2D eigenvalue weighted by Gasteiger charge is -2.18. The van der Waals surface area contributed by atoms with Gasteiger partial charge in [-0.3, -0.25) is 0 Å². The molecule has 0 radical (unpaired) electrons. The van der Waals surface area contributed by atoms with Crippen LogP contribution in [0.25, 0.3) is 10.9 Å². The van der Waals surface area contributed by atoms with Gasteiger partial charge in [0.2, 0.25) is 0 Å². The first kappa shape index (κ1) is 12.5. The summed E-state index contributed by atoms with van der Waals surface area (Å²) < 4.78 is 2.47. The summed E-state index contributed by atoms with van der Waals surface area (Å²) in [6.45, 7) is 7.27. The van der Waals surface area contributed by atoms with Crippen LogP contribution in [0.2, 0.25) is 0 Å². The molecule has 0 bridgehead atoms. The molecule has 0 atom stereocenters. The largest absolute Gasteiger partial charge is 0.344 e. The molecular formula is C17H21NO. The van der Waals surface area contributed by atoms with Crippen LogP contribution in [0.5, 0.6) is 0 Å². The van der Waals surface area contributed by atoms with Gasteiger partial charge >= 0.3 is 0 Å². The minimum atomic E-state index is 0.277. The van der Waals surface area contributed by atoms with Crippen molar-refractivity contribution in [3.63, 3.8) is 0 Å².